The molecule has 22 heavy (non-hydrogen) atoms. The molecular formula is C17H27NO3S. The zero-order valence-electron chi connectivity index (χ0n) is 14.0. The van der Waals surface area contributed by atoms with Crippen molar-refractivity contribution < 1.29 is 12.6 Å². The van der Waals surface area contributed by atoms with Crippen molar-refractivity contribution in [2.75, 3.05) is 19.7 Å². The normalized spacial score (nSPS) is 18.5. The Kier molecular flexibility index (Phi) is 5.30. The van der Waals surface area contributed by atoms with Gasteiger partial charge < -0.3 is 0 Å². The van der Waals surface area contributed by atoms with Gasteiger partial charge in [-0.25, -0.2) is 0 Å². The molecular weight excluding hydrogens is 298 g/mol. The molecule has 1 aliphatic rings. The number of benzene rings is 1. The summed E-state index contributed by atoms with van der Waals surface area (Å²) in [6.07, 6.45) is 1.97. The first-order valence-corrected chi connectivity index (χ1v) is 9.30. The number of piperidine rings is 1. The van der Waals surface area contributed by atoms with Gasteiger partial charge in [0.25, 0.3) is 10.1 Å². The third kappa shape index (κ3) is 4.54. The van der Waals surface area contributed by atoms with Crippen LogP contribution in [0.2, 0.25) is 0 Å². The van der Waals surface area contributed by atoms with Crippen LogP contribution in [0.5, 0.6) is 0 Å². The molecule has 0 spiro atoms. The molecule has 1 fully saturated rings. The predicted octanol–water partition coefficient (Wildman–Crippen LogP) is 3.21. The third-order valence-electron chi connectivity index (χ3n) is 4.33. The zero-order valence-corrected chi connectivity index (χ0v) is 14.8. The summed E-state index contributed by atoms with van der Waals surface area (Å²) in [5, 5.41) is 0. The monoisotopic (exact) mass is 325 g/mol. The van der Waals surface area contributed by atoms with Gasteiger partial charge in [0.15, 0.2) is 0 Å². The fraction of sp³-hybridized carbons (Fsp3) is 0.647. The van der Waals surface area contributed by atoms with Crippen LogP contribution in [0, 0.1) is 12.8 Å². The molecule has 0 aromatic heterocycles. The van der Waals surface area contributed by atoms with Crippen LogP contribution in [0.4, 0.5) is 0 Å². The molecule has 0 unspecified atom stereocenters. The van der Waals surface area contributed by atoms with E-state index in [1.807, 2.05) is 6.92 Å². The van der Waals surface area contributed by atoms with Gasteiger partial charge in [0, 0.05) is 5.54 Å². The van der Waals surface area contributed by atoms with Gasteiger partial charge in [0.05, 0.1) is 11.5 Å². The molecule has 2 rings (SSSR count). The lowest BCUT2D eigenvalue weighted by Gasteiger charge is -2.40. The molecule has 1 saturated heterocycles. The van der Waals surface area contributed by atoms with Crippen LogP contribution in [0.1, 0.15) is 39.2 Å². The highest BCUT2D eigenvalue weighted by Crippen LogP contribution is 2.25. The molecule has 1 aliphatic heterocycles. The Morgan fingerprint density at radius 3 is 2.18 bits per heavy atom. The second kappa shape index (κ2) is 6.69. The number of rotatable bonds is 4. The van der Waals surface area contributed by atoms with E-state index in [-0.39, 0.29) is 17.0 Å². The first-order chi connectivity index (χ1) is 10.2. The van der Waals surface area contributed by atoms with Crippen LogP contribution >= 0.6 is 0 Å². The van der Waals surface area contributed by atoms with Gasteiger partial charge in [-0.15, -0.1) is 0 Å². The SMILES string of the molecule is Cc1ccc(S(=O)(=O)OCC2CCN(C(C)(C)C)CC2)cc1. The molecule has 1 aromatic carbocycles. The molecule has 1 aromatic rings. The van der Waals surface area contributed by atoms with E-state index >= 15 is 0 Å². The molecule has 0 atom stereocenters. The third-order valence-corrected chi connectivity index (χ3v) is 5.63. The van der Waals surface area contributed by atoms with Crippen LogP contribution < -0.4 is 0 Å². The largest absolute Gasteiger partial charge is 0.298 e. The summed E-state index contributed by atoms with van der Waals surface area (Å²) >= 11 is 0. The number of hydrogen-bond donors (Lipinski definition) is 0. The minimum atomic E-state index is -3.63. The van der Waals surface area contributed by atoms with Crippen LogP contribution in [0.3, 0.4) is 0 Å². The summed E-state index contributed by atoms with van der Waals surface area (Å²) in [4.78, 5) is 2.68. The van der Waals surface area contributed by atoms with Crippen LogP contribution in [0.15, 0.2) is 29.2 Å². The van der Waals surface area contributed by atoms with E-state index in [0.29, 0.717) is 5.92 Å². The van der Waals surface area contributed by atoms with Gasteiger partial charge >= 0.3 is 0 Å². The quantitative estimate of drug-likeness (QED) is 0.798. The molecule has 1 heterocycles. The maximum Gasteiger partial charge on any atom is 0.296 e. The Morgan fingerprint density at radius 1 is 1.14 bits per heavy atom. The van der Waals surface area contributed by atoms with Crippen molar-refractivity contribution in [3.05, 3.63) is 29.8 Å². The summed E-state index contributed by atoms with van der Waals surface area (Å²) in [6.45, 7) is 10.9. The second-order valence-corrected chi connectivity index (χ2v) is 8.77. The lowest BCUT2D eigenvalue weighted by molar-refractivity contribution is 0.0730. The first kappa shape index (κ1) is 17.4. The standard InChI is InChI=1S/C17H27NO3S/c1-14-5-7-16(8-6-14)22(19,20)21-13-15-9-11-18(12-10-15)17(2,3)4/h5-8,15H,9-13H2,1-4H3. The lowest BCUT2D eigenvalue weighted by atomic mass is 9.94. The van der Waals surface area contributed by atoms with E-state index in [0.717, 1.165) is 31.5 Å². The average molecular weight is 325 g/mol. The number of nitrogens with zero attached hydrogens (tertiary/aromatic N) is 1. The van der Waals surface area contributed by atoms with Crippen LogP contribution in [0.25, 0.3) is 0 Å². The Labute approximate surface area is 134 Å². The van der Waals surface area contributed by atoms with Crippen LogP contribution in [-0.2, 0) is 14.3 Å². The van der Waals surface area contributed by atoms with Crippen molar-refractivity contribution >= 4 is 10.1 Å². The highest BCUT2D eigenvalue weighted by Gasteiger charge is 2.28. The molecule has 0 amide bonds. The van der Waals surface area contributed by atoms with Crippen molar-refractivity contribution in [2.24, 2.45) is 5.92 Å². The Hall–Kier alpha value is -0.910. The van der Waals surface area contributed by atoms with Gasteiger partial charge in [-0.2, -0.15) is 8.42 Å². The highest BCUT2D eigenvalue weighted by atomic mass is 32.2. The second-order valence-electron chi connectivity index (χ2n) is 7.15. The van der Waals surface area contributed by atoms with Crippen molar-refractivity contribution in [3.63, 3.8) is 0 Å². The van der Waals surface area contributed by atoms with Gasteiger partial charge in [-0.05, 0) is 71.7 Å². The minimum absolute atomic E-state index is 0.180. The zero-order chi connectivity index (χ0) is 16.4. The Morgan fingerprint density at radius 2 is 1.68 bits per heavy atom. The maximum absolute atomic E-state index is 12.2. The van der Waals surface area contributed by atoms with Crippen molar-refractivity contribution in [1.29, 1.82) is 0 Å². The topological polar surface area (TPSA) is 46.6 Å². The molecule has 0 saturated carbocycles. The van der Waals surface area contributed by atoms with Crippen molar-refractivity contribution in [1.82, 2.24) is 4.90 Å². The molecule has 0 radical (unpaired) electrons. The van der Waals surface area contributed by atoms with Gasteiger partial charge in [0.1, 0.15) is 0 Å². The molecule has 0 N–H and O–H groups in total. The van der Waals surface area contributed by atoms with Gasteiger partial charge in [-0.3, -0.25) is 9.08 Å². The number of hydrogen-bond acceptors (Lipinski definition) is 4. The van der Waals surface area contributed by atoms with E-state index in [9.17, 15) is 8.42 Å². The minimum Gasteiger partial charge on any atom is -0.298 e. The van der Waals surface area contributed by atoms with Crippen LogP contribution in [-0.4, -0.2) is 38.6 Å². The molecule has 4 nitrogen and oxygen atoms in total. The summed E-state index contributed by atoms with van der Waals surface area (Å²) < 4.78 is 29.6. The summed E-state index contributed by atoms with van der Waals surface area (Å²) in [7, 11) is -3.63. The van der Waals surface area contributed by atoms with Crippen molar-refractivity contribution in [2.45, 2.75) is 51.0 Å². The molecule has 0 bridgehead atoms. The fourth-order valence-corrected chi connectivity index (χ4v) is 3.71. The smallest absolute Gasteiger partial charge is 0.296 e. The van der Waals surface area contributed by atoms with E-state index in [4.69, 9.17) is 4.18 Å². The Bertz CT molecular complexity index is 579. The maximum atomic E-state index is 12.2. The average Bonchev–Trinajstić information content (AvgIpc) is 2.45. The van der Waals surface area contributed by atoms with Gasteiger partial charge in [0.2, 0.25) is 0 Å². The highest BCUT2D eigenvalue weighted by molar-refractivity contribution is 7.86. The summed E-state index contributed by atoms with van der Waals surface area (Å²) in [6, 6.07) is 6.79. The predicted molar refractivity (Wildman–Crippen MR) is 88.4 cm³/mol. The number of likely N-dealkylation sites (tertiary alicyclic amines) is 1. The summed E-state index contributed by atoms with van der Waals surface area (Å²) in [5.74, 6) is 0.318. The Balaban J connectivity index is 1.87. The van der Waals surface area contributed by atoms with E-state index in [2.05, 4.69) is 25.7 Å². The van der Waals surface area contributed by atoms with E-state index in [1.165, 1.54) is 0 Å². The molecule has 124 valence electrons. The first-order valence-electron chi connectivity index (χ1n) is 7.89. The fourth-order valence-electron chi connectivity index (χ4n) is 2.73. The number of aryl methyl sites for hydroxylation is 1. The molecule has 5 heteroatoms. The lowest BCUT2D eigenvalue weighted by Crippen LogP contribution is -2.46. The summed E-state index contributed by atoms with van der Waals surface area (Å²) in [5.41, 5.74) is 1.22. The molecule has 0 aliphatic carbocycles. The van der Waals surface area contributed by atoms with E-state index in [1.54, 1.807) is 24.3 Å². The van der Waals surface area contributed by atoms with Crippen molar-refractivity contribution in [3.8, 4) is 0 Å². The van der Waals surface area contributed by atoms with Gasteiger partial charge in [-0.1, -0.05) is 17.7 Å². The van der Waals surface area contributed by atoms with E-state index < -0.39 is 10.1 Å².